The molecule has 1 aromatic heterocycles. The molecular weight excluding hydrogens is 192 g/mol. The highest BCUT2D eigenvalue weighted by molar-refractivity contribution is 9.11. The molecule has 0 saturated heterocycles. The minimum absolute atomic E-state index is 1.04. The van der Waals surface area contributed by atoms with E-state index in [4.69, 9.17) is 0 Å². The number of hydrogen-bond donors (Lipinski definition) is 0. The molecule has 1 heterocycles. The summed E-state index contributed by atoms with van der Waals surface area (Å²) >= 11 is 3.23. The fraction of sp³-hybridized carbons (Fsp3) is 0.143. The Morgan fingerprint density at radius 3 is 2.60 bits per heavy atom. The number of nitrogens with zero attached hydrogens (tertiary/aromatic N) is 2. The van der Waals surface area contributed by atoms with Crippen LogP contribution in [0.2, 0.25) is 0 Å². The molecule has 0 spiro atoms. The summed E-state index contributed by atoms with van der Waals surface area (Å²) in [5.74, 6) is 0. The average Bonchev–Trinajstić information content (AvgIpc) is 2.05. The van der Waals surface area contributed by atoms with Crippen LogP contribution in [-0.2, 0) is 0 Å². The highest BCUT2D eigenvalue weighted by atomic mass is 79.9. The molecule has 0 unspecified atom stereocenters. The van der Waals surface area contributed by atoms with E-state index in [1.165, 1.54) is 6.33 Å². The average molecular weight is 199 g/mol. The lowest BCUT2D eigenvalue weighted by atomic mass is 10.2. The van der Waals surface area contributed by atoms with Crippen molar-refractivity contribution >= 4 is 21.5 Å². The first-order valence-corrected chi connectivity index (χ1v) is 3.78. The number of allylic oxidation sites excluding steroid dienone is 1. The van der Waals surface area contributed by atoms with Crippen molar-refractivity contribution in [3.8, 4) is 0 Å². The van der Waals surface area contributed by atoms with Crippen LogP contribution < -0.4 is 0 Å². The Labute approximate surface area is 68.1 Å². The van der Waals surface area contributed by atoms with E-state index in [-0.39, 0.29) is 0 Å². The first-order chi connectivity index (χ1) is 4.84. The molecule has 0 aliphatic rings. The van der Waals surface area contributed by atoms with E-state index < -0.39 is 0 Å². The smallest absolute Gasteiger partial charge is 0.115 e. The largest absolute Gasteiger partial charge is 0.244 e. The van der Waals surface area contributed by atoms with Gasteiger partial charge in [0.15, 0.2) is 0 Å². The Morgan fingerprint density at radius 2 is 2.10 bits per heavy atom. The van der Waals surface area contributed by atoms with Crippen LogP contribution in [0.1, 0.15) is 12.5 Å². The van der Waals surface area contributed by atoms with Gasteiger partial charge in [0.05, 0.1) is 0 Å². The van der Waals surface area contributed by atoms with Crippen molar-refractivity contribution in [3.63, 3.8) is 0 Å². The zero-order valence-corrected chi connectivity index (χ0v) is 7.17. The second-order valence-electron chi connectivity index (χ2n) is 1.92. The monoisotopic (exact) mass is 198 g/mol. The second kappa shape index (κ2) is 3.46. The molecule has 0 radical (unpaired) electrons. The van der Waals surface area contributed by atoms with Crippen molar-refractivity contribution in [1.29, 1.82) is 0 Å². The molecule has 3 heteroatoms. The van der Waals surface area contributed by atoms with Gasteiger partial charge in [0.25, 0.3) is 0 Å². The molecule has 0 fully saturated rings. The molecule has 0 amide bonds. The molecule has 2 nitrogen and oxygen atoms in total. The summed E-state index contributed by atoms with van der Waals surface area (Å²) in [5, 5.41) is 0. The Kier molecular flexibility index (Phi) is 2.57. The Bertz CT molecular complexity index is 231. The lowest BCUT2D eigenvalue weighted by molar-refractivity contribution is 1.15. The van der Waals surface area contributed by atoms with Crippen LogP contribution in [0.25, 0.3) is 5.57 Å². The molecular formula is C7H7BrN2. The van der Waals surface area contributed by atoms with Gasteiger partial charge in [0, 0.05) is 18.0 Å². The van der Waals surface area contributed by atoms with Crippen molar-refractivity contribution in [2.24, 2.45) is 0 Å². The molecule has 52 valence electrons. The van der Waals surface area contributed by atoms with Crippen LogP contribution in [0, 0.1) is 0 Å². The summed E-state index contributed by atoms with van der Waals surface area (Å²) < 4.78 is 0. The molecule has 1 aromatic rings. The van der Waals surface area contributed by atoms with Gasteiger partial charge in [0.2, 0.25) is 0 Å². The number of hydrogen-bond acceptors (Lipinski definition) is 2. The van der Waals surface area contributed by atoms with Crippen LogP contribution in [0.4, 0.5) is 0 Å². The van der Waals surface area contributed by atoms with Gasteiger partial charge < -0.3 is 0 Å². The molecule has 10 heavy (non-hydrogen) atoms. The highest BCUT2D eigenvalue weighted by Gasteiger charge is 1.91. The van der Waals surface area contributed by atoms with Gasteiger partial charge >= 0.3 is 0 Å². The third-order valence-corrected chi connectivity index (χ3v) is 1.87. The molecule has 0 aliphatic carbocycles. The molecule has 0 aromatic carbocycles. The standard InChI is InChI=1S/C7H7BrN2/c1-6(2-8)7-3-9-5-10-4-7/h2-5H,1H3. The lowest BCUT2D eigenvalue weighted by Gasteiger charge is -1.94. The first kappa shape index (κ1) is 7.41. The van der Waals surface area contributed by atoms with Crippen LogP contribution in [0.5, 0.6) is 0 Å². The van der Waals surface area contributed by atoms with E-state index in [1.54, 1.807) is 12.4 Å². The molecule has 0 atom stereocenters. The van der Waals surface area contributed by atoms with E-state index in [9.17, 15) is 0 Å². The van der Waals surface area contributed by atoms with E-state index in [1.807, 2.05) is 11.9 Å². The third kappa shape index (κ3) is 1.64. The Balaban J connectivity index is 2.96. The van der Waals surface area contributed by atoms with Gasteiger partial charge in [-0.05, 0) is 17.5 Å². The van der Waals surface area contributed by atoms with Crippen molar-refractivity contribution < 1.29 is 0 Å². The Morgan fingerprint density at radius 1 is 1.50 bits per heavy atom. The SMILES string of the molecule is CC(=CBr)c1cncnc1. The molecule has 0 bridgehead atoms. The van der Waals surface area contributed by atoms with Crippen molar-refractivity contribution in [3.05, 3.63) is 29.3 Å². The zero-order chi connectivity index (χ0) is 7.40. The number of rotatable bonds is 1. The molecule has 1 rings (SSSR count). The van der Waals surface area contributed by atoms with Gasteiger partial charge in [-0.2, -0.15) is 0 Å². The minimum atomic E-state index is 1.04. The Hall–Kier alpha value is -0.700. The lowest BCUT2D eigenvalue weighted by Crippen LogP contribution is -1.81. The molecule has 0 N–H and O–H groups in total. The fourth-order valence-corrected chi connectivity index (χ4v) is 0.830. The summed E-state index contributed by atoms with van der Waals surface area (Å²) in [7, 11) is 0. The van der Waals surface area contributed by atoms with Gasteiger partial charge in [-0.3, -0.25) is 0 Å². The maximum absolute atomic E-state index is 3.88. The number of aromatic nitrogens is 2. The topological polar surface area (TPSA) is 25.8 Å². The van der Waals surface area contributed by atoms with Gasteiger partial charge in [-0.15, -0.1) is 0 Å². The maximum Gasteiger partial charge on any atom is 0.115 e. The summed E-state index contributed by atoms with van der Waals surface area (Å²) in [6.45, 7) is 1.99. The zero-order valence-electron chi connectivity index (χ0n) is 5.58. The molecule has 0 saturated carbocycles. The predicted octanol–water partition coefficient (Wildman–Crippen LogP) is 2.23. The van der Waals surface area contributed by atoms with Crippen LogP contribution >= 0.6 is 15.9 Å². The van der Waals surface area contributed by atoms with Crippen molar-refractivity contribution in [1.82, 2.24) is 9.97 Å². The quantitative estimate of drug-likeness (QED) is 0.692. The van der Waals surface area contributed by atoms with E-state index in [2.05, 4.69) is 25.9 Å². The van der Waals surface area contributed by atoms with E-state index in [0.717, 1.165) is 11.1 Å². The fourth-order valence-electron chi connectivity index (χ4n) is 0.566. The summed E-state index contributed by atoms with van der Waals surface area (Å²) in [6, 6.07) is 0. The van der Waals surface area contributed by atoms with Crippen LogP contribution in [0.3, 0.4) is 0 Å². The first-order valence-electron chi connectivity index (χ1n) is 2.87. The van der Waals surface area contributed by atoms with Gasteiger partial charge in [0.1, 0.15) is 6.33 Å². The predicted molar refractivity (Wildman–Crippen MR) is 44.6 cm³/mol. The van der Waals surface area contributed by atoms with Gasteiger partial charge in [-0.25, -0.2) is 9.97 Å². The summed E-state index contributed by atoms with van der Waals surface area (Å²) in [4.78, 5) is 9.61. The van der Waals surface area contributed by atoms with Crippen molar-refractivity contribution in [2.45, 2.75) is 6.92 Å². The van der Waals surface area contributed by atoms with Crippen molar-refractivity contribution in [2.75, 3.05) is 0 Å². The number of halogens is 1. The highest BCUT2D eigenvalue weighted by Crippen LogP contribution is 2.11. The second-order valence-corrected chi connectivity index (χ2v) is 2.38. The van der Waals surface area contributed by atoms with E-state index in [0.29, 0.717) is 0 Å². The normalized spacial score (nSPS) is 11.6. The minimum Gasteiger partial charge on any atom is -0.244 e. The van der Waals surface area contributed by atoms with Crippen LogP contribution in [0.15, 0.2) is 23.7 Å². The maximum atomic E-state index is 3.88. The third-order valence-electron chi connectivity index (χ3n) is 1.18. The summed E-state index contributed by atoms with van der Waals surface area (Å²) in [6.07, 6.45) is 5.07. The summed E-state index contributed by atoms with van der Waals surface area (Å²) in [5.41, 5.74) is 2.17. The van der Waals surface area contributed by atoms with Gasteiger partial charge in [-0.1, -0.05) is 15.9 Å². The van der Waals surface area contributed by atoms with Crippen LogP contribution in [-0.4, -0.2) is 9.97 Å². The van der Waals surface area contributed by atoms with E-state index >= 15 is 0 Å². The molecule has 0 aliphatic heterocycles.